The fourth-order valence-corrected chi connectivity index (χ4v) is 7.41. The van der Waals surface area contributed by atoms with Gasteiger partial charge in [-0.1, -0.05) is 187 Å². The number of hydrogen-bond acceptors (Lipinski definition) is 7. The summed E-state index contributed by atoms with van der Waals surface area (Å²) < 4.78 is 34.4. The SMILES string of the molecule is CC/C=C\C/C=C\C/C=C\C/C=C\C/C=C\C/C=C\C/C=C\C/C=C\CCCCCCCCC(=O)OC(COC(=O)CCCCCCC/C=C\CCCCCC)COP(=O)(O)OCC[N+](C)(C)C. The molecular formula is C58H99NO8P+. The van der Waals surface area contributed by atoms with E-state index >= 15 is 0 Å². The summed E-state index contributed by atoms with van der Waals surface area (Å²) in [7, 11) is 1.44. The number of likely N-dealkylation sites (N-methyl/N-ethyl adjacent to an activating group) is 1. The molecule has 0 spiro atoms. The molecule has 9 nitrogen and oxygen atoms in total. The van der Waals surface area contributed by atoms with E-state index in [1.807, 2.05) is 21.1 Å². The van der Waals surface area contributed by atoms with Crippen molar-refractivity contribution in [2.45, 2.75) is 200 Å². The number of carbonyl (C=O) groups is 2. The van der Waals surface area contributed by atoms with Crippen molar-refractivity contribution in [3.05, 3.63) is 109 Å². The summed E-state index contributed by atoms with van der Waals surface area (Å²) in [6, 6.07) is 0. The van der Waals surface area contributed by atoms with Gasteiger partial charge in [-0.25, -0.2) is 4.57 Å². The first-order chi connectivity index (χ1) is 33.0. The molecule has 0 bridgehead atoms. The van der Waals surface area contributed by atoms with Gasteiger partial charge in [-0.2, -0.15) is 0 Å². The van der Waals surface area contributed by atoms with Crippen LogP contribution in [0, 0.1) is 0 Å². The summed E-state index contributed by atoms with van der Waals surface area (Å²) in [4.78, 5) is 35.5. The Morgan fingerprint density at radius 1 is 0.471 bits per heavy atom. The summed E-state index contributed by atoms with van der Waals surface area (Å²) in [5, 5.41) is 0. The van der Waals surface area contributed by atoms with Crippen molar-refractivity contribution < 1.29 is 42.1 Å². The summed E-state index contributed by atoms with van der Waals surface area (Å²) in [6.45, 7) is 4.25. The molecule has 0 saturated carbocycles. The van der Waals surface area contributed by atoms with Crippen molar-refractivity contribution in [1.29, 1.82) is 0 Å². The van der Waals surface area contributed by atoms with Gasteiger partial charge in [-0.15, -0.1) is 0 Å². The number of carbonyl (C=O) groups excluding carboxylic acids is 2. The fraction of sp³-hybridized carbons (Fsp3) is 0.655. The Bertz CT molecular complexity index is 1520. The molecule has 0 rings (SSSR count). The molecule has 0 aromatic carbocycles. The molecule has 0 radical (unpaired) electrons. The Kier molecular flexibility index (Phi) is 46.3. The highest BCUT2D eigenvalue weighted by Gasteiger charge is 2.27. The maximum absolute atomic E-state index is 12.8. The zero-order valence-corrected chi connectivity index (χ0v) is 44.7. The molecule has 0 fully saturated rings. The van der Waals surface area contributed by atoms with Crippen molar-refractivity contribution >= 4 is 19.8 Å². The third-order valence-corrected chi connectivity index (χ3v) is 11.8. The Labute approximate surface area is 416 Å². The van der Waals surface area contributed by atoms with E-state index in [0.717, 1.165) is 128 Å². The van der Waals surface area contributed by atoms with Crippen molar-refractivity contribution in [2.24, 2.45) is 0 Å². The van der Waals surface area contributed by atoms with Crippen molar-refractivity contribution in [2.75, 3.05) is 47.5 Å². The van der Waals surface area contributed by atoms with Gasteiger partial charge in [0.05, 0.1) is 27.7 Å². The molecule has 0 aliphatic carbocycles. The zero-order valence-electron chi connectivity index (χ0n) is 43.8. The second kappa shape index (κ2) is 48.7. The first-order valence-electron chi connectivity index (χ1n) is 26.6. The number of nitrogens with zero attached hydrogens (tertiary/aromatic N) is 1. The summed E-state index contributed by atoms with van der Waals surface area (Å²) in [6.07, 6.45) is 67.2. The molecule has 1 N–H and O–H groups in total. The molecular weight excluding hydrogens is 870 g/mol. The molecule has 0 aliphatic rings. The van der Waals surface area contributed by atoms with Crippen LogP contribution >= 0.6 is 7.82 Å². The summed E-state index contributed by atoms with van der Waals surface area (Å²) >= 11 is 0. The van der Waals surface area contributed by atoms with Gasteiger partial charge in [0.2, 0.25) is 0 Å². The van der Waals surface area contributed by atoms with Crippen LogP contribution in [0.2, 0.25) is 0 Å². The van der Waals surface area contributed by atoms with E-state index in [1.54, 1.807) is 0 Å². The lowest BCUT2D eigenvalue weighted by molar-refractivity contribution is -0.870. The van der Waals surface area contributed by atoms with Gasteiger partial charge in [0.15, 0.2) is 6.10 Å². The highest BCUT2D eigenvalue weighted by molar-refractivity contribution is 7.47. The average Bonchev–Trinajstić information content (AvgIpc) is 3.30. The predicted octanol–water partition coefficient (Wildman–Crippen LogP) is 16.2. The first kappa shape index (κ1) is 64.7. The lowest BCUT2D eigenvalue weighted by Gasteiger charge is -2.24. The topological polar surface area (TPSA) is 108 Å². The number of quaternary nitrogens is 1. The molecule has 388 valence electrons. The van der Waals surface area contributed by atoms with E-state index in [-0.39, 0.29) is 32.0 Å². The minimum absolute atomic E-state index is 0.0215. The number of ether oxygens (including phenoxy) is 2. The lowest BCUT2D eigenvalue weighted by atomic mass is 10.1. The van der Waals surface area contributed by atoms with Crippen LogP contribution in [0.4, 0.5) is 0 Å². The van der Waals surface area contributed by atoms with Gasteiger partial charge >= 0.3 is 19.8 Å². The third kappa shape index (κ3) is 52.0. The van der Waals surface area contributed by atoms with Crippen LogP contribution in [0.1, 0.15) is 194 Å². The molecule has 0 aliphatic heterocycles. The van der Waals surface area contributed by atoms with Gasteiger partial charge in [0.25, 0.3) is 0 Å². The maximum Gasteiger partial charge on any atom is 0.472 e. The fourth-order valence-electron chi connectivity index (χ4n) is 6.67. The molecule has 0 aromatic rings. The highest BCUT2D eigenvalue weighted by Crippen LogP contribution is 2.43. The Morgan fingerprint density at radius 3 is 1.26 bits per heavy atom. The Balaban J connectivity index is 4.25. The highest BCUT2D eigenvalue weighted by atomic mass is 31.2. The molecule has 0 saturated heterocycles. The number of esters is 2. The predicted molar refractivity (Wildman–Crippen MR) is 288 cm³/mol. The van der Waals surface area contributed by atoms with E-state index in [2.05, 4.69) is 123 Å². The number of allylic oxidation sites excluding steroid dienone is 18. The van der Waals surface area contributed by atoms with E-state index in [4.69, 9.17) is 18.5 Å². The smallest absolute Gasteiger partial charge is 0.462 e. The Hall–Kier alpha value is -3.33. The molecule has 0 heterocycles. The normalized spacial score (nSPS) is 14.3. The van der Waals surface area contributed by atoms with Crippen molar-refractivity contribution in [1.82, 2.24) is 0 Å². The minimum Gasteiger partial charge on any atom is -0.462 e. The lowest BCUT2D eigenvalue weighted by Crippen LogP contribution is -2.37. The van der Waals surface area contributed by atoms with Crippen LogP contribution in [0.15, 0.2) is 109 Å². The van der Waals surface area contributed by atoms with E-state index in [1.165, 1.54) is 32.1 Å². The number of phosphoric acid groups is 1. The second-order valence-electron chi connectivity index (χ2n) is 18.5. The molecule has 0 amide bonds. The van der Waals surface area contributed by atoms with Gasteiger partial charge in [-0.05, 0) is 103 Å². The van der Waals surface area contributed by atoms with Gasteiger partial charge in [0.1, 0.15) is 19.8 Å². The average molecular weight is 969 g/mol. The van der Waals surface area contributed by atoms with Crippen LogP contribution in [0.3, 0.4) is 0 Å². The van der Waals surface area contributed by atoms with Crippen molar-refractivity contribution in [3.8, 4) is 0 Å². The molecule has 2 atom stereocenters. The first-order valence-corrected chi connectivity index (χ1v) is 28.1. The number of hydrogen-bond donors (Lipinski definition) is 1. The maximum atomic E-state index is 12.8. The minimum atomic E-state index is -4.39. The van der Waals surface area contributed by atoms with Gasteiger partial charge < -0.3 is 18.9 Å². The quantitative estimate of drug-likeness (QED) is 0.0211. The number of rotatable bonds is 47. The largest absolute Gasteiger partial charge is 0.472 e. The van der Waals surface area contributed by atoms with Crippen LogP contribution in [0.25, 0.3) is 0 Å². The molecule has 0 aromatic heterocycles. The second-order valence-corrected chi connectivity index (χ2v) is 20.0. The standard InChI is InChI=1S/C58H98NO8P/c1-6-8-10-12-14-16-18-20-21-22-23-24-25-26-27-28-29-30-31-32-33-34-35-36-37-39-41-43-45-47-49-51-58(61)67-56(55-66-68(62,63)65-53-52-59(3,4)5)54-64-57(60)50-48-46-44-42-40-38-19-17-15-13-11-9-7-2/h8,10,14,16-17,19-21,23-24,26-27,29-30,32-33,35-36,56H,6-7,9,11-13,15,18,22,25,28,31,34,37-55H2,1-5H3/p+1/b10-8-,16-14-,19-17-,21-20-,24-23-,27-26-,30-29-,33-32-,36-35-. The van der Waals surface area contributed by atoms with E-state index in [0.29, 0.717) is 17.4 Å². The summed E-state index contributed by atoms with van der Waals surface area (Å²) in [5.74, 6) is -0.834. The zero-order chi connectivity index (χ0) is 49.9. The number of unbranched alkanes of at least 4 members (excludes halogenated alkanes) is 15. The molecule has 2 unspecified atom stereocenters. The van der Waals surface area contributed by atoms with Crippen molar-refractivity contribution in [3.63, 3.8) is 0 Å². The monoisotopic (exact) mass is 969 g/mol. The van der Waals surface area contributed by atoms with Crippen LogP contribution in [0.5, 0.6) is 0 Å². The molecule has 68 heavy (non-hydrogen) atoms. The van der Waals surface area contributed by atoms with Gasteiger partial charge in [0, 0.05) is 12.8 Å². The molecule has 10 heteroatoms. The van der Waals surface area contributed by atoms with Gasteiger partial charge in [-0.3, -0.25) is 18.6 Å². The third-order valence-electron chi connectivity index (χ3n) is 10.8. The van der Waals surface area contributed by atoms with E-state index < -0.39 is 26.5 Å². The number of phosphoric ester groups is 1. The summed E-state index contributed by atoms with van der Waals surface area (Å²) in [5.41, 5.74) is 0. The van der Waals surface area contributed by atoms with Crippen LogP contribution in [-0.2, 0) is 32.7 Å². The van der Waals surface area contributed by atoms with E-state index in [9.17, 15) is 19.0 Å². The van der Waals surface area contributed by atoms with Crippen LogP contribution < -0.4 is 0 Å². The van der Waals surface area contributed by atoms with Crippen LogP contribution in [-0.4, -0.2) is 74.9 Å². The Morgan fingerprint density at radius 2 is 0.838 bits per heavy atom.